The number of fused-ring (bicyclic) bond motifs is 7. The molecule has 0 amide bonds. The van der Waals surface area contributed by atoms with Gasteiger partial charge in [-0.3, -0.25) is 4.79 Å². The molecule has 0 unspecified atom stereocenters. The topological polar surface area (TPSA) is 255 Å². The number of carbonyl (C=O) groups excluding carboxylic acids is 1. The zero-order valence-electron chi connectivity index (χ0n) is 38.3. The Morgan fingerprint density at radius 1 is 0.714 bits per heavy atom. The number of carbonyl (C=O) groups is 1. The second-order valence-electron chi connectivity index (χ2n) is 23.0. The van der Waals surface area contributed by atoms with E-state index in [1.54, 1.807) is 0 Å². The zero-order valence-corrected chi connectivity index (χ0v) is 38.3. The molecule has 0 aromatic heterocycles. The summed E-state index contributed by atoms with van der Waals surface area (Å²) >= 11 is 0. The van der Waals surface area contributed by atoms with Crippen LogP contribution in [0.1, 0.15) is 120 Å². The van der Waals surface area contributed by atoms with Crippen LogP contribution < -0.4 is 0 Å². The first-order valence-electron chi connectivity index (χ1n) is 23.6. The van der Waals surface area contributed by atoms with Crippen molar-refractivity contribution in [1.29, 1.82) is 0 Å². The van der Waals surface area contributed by atoms with E-state index in [1.165, 1.54) is 12.5 Å². The molecule has 16 nitrogen and oxygen atoms in total. The normalized spacial score (nSPS) is 54.1. The molecule has 0 bridgehead atoms. The first-order chi connectivity index (χ1) is 29.4. The fraction of sp³-hybridized carbons (Fsp3) is 0.936. The van der Waals surface area contributed by atoms with Crippen molar-refractivity contribution in [2.45, 2.75) is 212 Å². The van der Waals surface area contributed by atoms with Gasteiger partial charge >= 0.3 is 5.97 Å². The van der Waals surface area contributed by atoms with Crippen LogP contribution in [0.15, 0.2) is 11.6 Å². The molecule has 0 aromatic rings. The van der Waals surface area contributed by atoms with Crippen LogP contribution in [0.25, 0.3) is 0 Å². The molecule has 360 valence electrons. The van der Waals surface area contributed by atoms with Crippen molar-refractivity contribution < 1.29 is 79.2 Å². The molecule has 7 fully saturated rings. The van der Waals surface area contributed by atoms with Crippen molar-refractivity contribution in [2.24, 2.45) is 50.2 Å². The van der Waals surface area contributed by atoms with Crippen molar-refractivity contribution in [2.75, 3.05) is 13.2 Å². The Morgan fingerprint density at radius 3 is 2.08 bits per heavy atom. The Bertz CT molecular complexity index is 1720. The molecule has 8 rings (SSSR count). The highest BCUT2D eigenvalue weighted by molar-refractivity contribution is 5.79. The van der Waals surface area contributed by atoms with Crippen molar-refractivity contribution in [1.82, 2.24) is 0 Å². The Balaban J connectivity index is 1.03. The van der Waals surface area contributed by atoms with Gasteiger partial charge in [-0.2, -0.15) is 0 Å². The number of ether oxygens (including phenoxy) is 6. The smallest absolute Gasteiger partial charge is 0.315 e. The van der Waals surface area contributed by atoms with Crippen LogP contribution in [0.2, 0.25) is 0 Å². The first kappa shape index (κ1) is 48.1. The molecule has 8 aliphatic rings. The molecule has 3 aliphatic heterocycles. The summed E-state index contributed by atoms with van der Waals surface area (Å²) in [5.41, 5.74) is -0.377. The number of allylic oxidation sites excluding steroid dienone is 2. The largest absolute Gasteiger partial charge is 0.432 e. The number of esters is 1. The van der Waals surface area contributed by atoms with Gasteiger partial charge in [-0.25, -0.2) is 0 Å². The summed E-state index contributed by atoms with van der Waals surface area (Å²) in [4.78, 5) is 14.7. The molecular formula is C47H76O16. The lowest BCUT2D eigenvalue weighted by molar-refractivity contribution is -0.364. The molecule has 22 atom stereocenters. The van der Waals surface area contributed by atoms with E-state index in [1.807, 2.05) is 0 Å². The number of rotatable bonds is 7. The summed E-state index contributed by atoms with van der Waals surface area (Å²) in [7, 11) is 0. The molecule has 9 N–H and O–H groups in total. The molecule has 0 radical (unpaired) electrons. The van der Waals surface area contributed by atoms with E-state index in [-0.39, 0.29) is 51.6 Å². The Hall–Kier alpha value is -1.35. The molecule has 5 aliphatic carbocycles. The fourth-order valence-corrected chi connectivity index (χ4v) is 14.7. The maximum atomic E-state index is 14.7. The molecule has 0 aromatic carbocycles. The van der Waals surface area contributed by atoms with Crippen LogP contribution >= 0.6 is 0 Å². The van der Waals surface area contributed by atoms with Gasteiger partial charge in [0.1, 0.15) is 61.0 Å². The van der Waals surface area contributed by atoms with Crippen molar-refractivity contribution in [3.05, 3.63) is 11.6 Å². The minimum absolute atomic E-state index is 0.0356. The van der Waals surface area contributed by atoms with Crippen LogP contribution in [-0.4, -0.2) is 157 Å². The third kappa shape index (κ3) is 7.51. The van der Waals surface area contributed by atoms with Crippen molar-refractivity contribution in [3.63, 3.8) is 0 Å². The summed E-state index contributed by atoms with van der Waals surface area (Å²) in [6, 6.07) is 0. The summed E-state index contributed by atoms with van der Waals surface area (Å²) in [5.74, 6) is -0.0269. The SMILES string of the molecule is C[C@@H]1O[C@@H](O[C@H]2[C@H](O[C@H]3CC[C@]4(C)[C@H]5CC=C6[C@@H]7CC(C)(C)CC[C@]7(C(=O)O[C@@H]7O[C@H](CO)[C@@H](O)[C@H](O)[C@H]7O)CC[C@@]6(C)[C@]5(C)CC[C@H]4C3(C)C)OC[C@@H](O)[C@@H]2O)[C@H](O)[C@H](O)[C@H]1O. The highest BCUT2D eigenvalue weighted by Crippen LogP contribution is 2.76. The predicted molar refractivity (Wildman–Crippen MR) is 223 cm³/mol. The Kier molecular flexibility index (Phi) is 12.8. The van der Waals surface area contributed by atoms with Gasteiger partial charge in [0.2, 0.25) is 6.29 Å². The number of aliphatic hydroxyl groups is 9. The Morgan fingerprint density at radius 2 is 1.38 bits per heavy atom. The van der Waals surface area contributed by atoms with Gasteiger partial charge in [0.15, 0.2) is 12.6 Å². The molecule has 0 spiro atoms. The van der Waals surface area contributed by atoms with Crippen LogP contribution in [-0.2, 0) is 33.2 Å². The molecule has 16 heteroatoms. The predicted octanol–water partition coefficient (Wildman–Crippen LogP) is 1.81. The molecule has 3 heterocycles. The van der Waals surface area contributed by atoms with E-state index in [9.17, 15) is 50.8 Å². The molecular weight excluding hydrogens is 821 g/mol. The van der Waals surface area contributed by atoms with Gasteiger partial charge in [-0.05, 0) is 116 Å². The standard InChI is InChI=1S/C47H76O16/c1-22-30(50)33(53)35(55)38(59-22)62-37-31(51)25(49)21-58-40(37)61-29-12-13-44(6)27(43(29,4)5)11-14-46(8)28(44)10-9-23-24-19-42(2,3)15-17-47(24,18-16-45(23,46)7)41(57)63-39-36(56)34(54)32(52)26(20-48)60-39/h9,22,24-40,48-56H,10-21H2,1-8H3/t22-,24-,25+,26+,27-,28+,29-,30-,31-,32+,33+,34-,35+,36+,37+,38-,39-,40-,44-,45+,46+,47-/m0/s1. The monoisotopic (exact) mass is 897 g/mol. The van der Waals surface area contributed by atoms with E-state index >= 15 is 0 Å². The summed E-state index contributed by atoms with van der Waals surface area (Å²) < 4.78 is 36.2. The number of hydrogen-bond donors (Lipinski definition) is 9. The summed E-state index contributed by atoms with van der Waals surface area (Å²) in [6.45, 7) is 17.1. The average Bonchev–Trinajstić information content (AvgIpc) is 3.22. The second-order valence-corrected chi connectivity index (χ2v) is 23.0. The van der Waals surface area contributed by atoms with Crippen LogP contribution in [0.3, 0.4) is 0 Å². The summed E-state index contributed by atoms with van der Waals surface area (Å²) in [6.07, 6.45) is -9.47. The van der Waals surface area contributed by atoms with E-state index in [0.29, 0.717) is 25.2 Å². The van der Waals surface area contributed by atoms with Gasteiger partial charge in [-0.1, -0.05) is 60.1 Å². The van der Waals surface area contributed by atoms with E-state index in [4.69, 9.17) is 28.4 Å². The minimum Gasteiger partial charge on any atom is -0.432 e. The van der Waals surface area contributed by atoms with Gasteiger partial charge in [-0.15, -0.1) is 0 Å². The van der Waals surface area contributed by atoms with Crippen molar-refractivity contribution in [3.8, 4) is 0 Å². The lowest BCUT2D eigenvalue weighted by atomic mass is 9.33. The minimum atomic E-state index is -1.67. The summed E-state index contributed by atoms with van der Waals surface area (Å²) in [5, 5.41) is 94.8. The third-order valence-corrected chi connectivity index (χ3v) is 18.9. The molecule has 63 heavy (non-hydrogen) atoms. The maximum Gasteiger partial charge on any atom is 0.315 e. The van der Waals surface area contributed by atoms with E-state index < -0.39 is 104 Å². The quantitative estimate of drug-likeness (QED) is 0.100. The van der Waals surface area contributed by atoms with Crippen LogP contribution in [0, 0.1) is 50.2 Å². The van der Waals surface area contributed by atoms with E-state index in [2.05, 4.69) is 54.5 Å². The Labute approximate surface area is 371 Å². The fourth-order valence-electron chi connectivity index (χ4n) is 14.7. The van der Waals surface area contributed by atoms with E-state index in [0.717, 1.165) is 44.9 Å². The van der Waals surface area contributed by atoms with Gasteiger partial charge in [0.25, 0.3) is 0 Å². The number of hydrogen-bond acceptors (Lipinski definition) is 16. The van der Waals surface area contributed by atoms with Crippen molar-refractivity contribution >= 4 is 5.97 Å². The maximum absolute atomic E-state index is 14.7. The van der Waals surface area contributed by atoms with Crippen LogP contribution in [0.4, 0.5) is 0 Å². The lowest BCUT2D eigenvalue weighted by Gasteiger charge is -2.71. The highest BCUT2D eigenvalue weighted by atomic mass is 16.8. The van der Waals surface area contributed by atoms with Gasteiger partial charge in [0.05, 0.1) is 30.8 Å². The average molecular weight is 897 g/mol. The molecule has 3 saturated heterocycles. The second kappa shape index (κ2) is 16.7. The highest BCUT2D eigenvalue weighted by Gasteiger charge is 2.70. The number of aliphatic hydroxyl groups excluding tert-OH is 9. The first-order valence-corrected chi connectivity index (χ1v) is 23.6. The van der Waals surface area contributed by atoms with Gasteiger partial charge in [0, 0.05) is 0 Å². The third-order valence-electron chi connectivity index (χ3n) is 18.9. The zero-order chi connectivity index (χ0) is 46.0. The lowest BCUT2D eigenvalue weighted by Crippen LogP contribution is -2.66. The molecule has 4 saturated carbocycles. The van der Waals surface area contributed by atoms with Crippen LogP contribution in [0.5, 0.6) is 0 Å². The van der Waals surface area contributed by atoms with Gasteiger partial charge < -0.3 is 74.4 Å².